The molecule has 5 heteroatoms. The third kappa shape index (κ3) is 4.35. The number of halogens is 1. The molecule has 3 rings (SSSR count). The highest BCUT2D eigenvalue weighted by atomic mass is 79.9. The molecule has 1 aromatic heterocycles. The molecular weight excluding hydrogens is 366 g/mol. The lowest BCUT2D eigenvalue weighted by Gasteiger charge is -2.22. The van der Waals surface area contributed by atoms with Crippen LogP contribution in [0.3, 0.4) is 0 Å². The molecule has 1 saturated carbocycles. The fourth-order valence-corrected chi connectivity index (χ4v) is 3.51. The summed E-state index contributed by atoms with van der Waals surface area (Å²) < 4.78 is 1.05. The molecule has 0 bridgehead atoms. The molecule has 0 radical (unpaired) electrons. The van der Waals surface area contributed by atoms with E-state index in [0.717, 1.165) is 34.3 Å². The number of nitrogens with one attached hydrogen (secondary N) is 2. The Morgan fingerprint density at radius 2 is 1.96 bits per heavy atom. The van der Waals surface area contributed by atoms with Gasteiger partial charge in [0.15, 0.2) is 0 Å². The Morgan fingerprint density at radius 1 is 1.17 bits per heavy atom. The second-order valence-electron chi connectivity index (χ2n) is 6.32. The summed E-state index contributed by atoms with van der Waals surface area (Å²) in [5, 5.41) is 6.42. The quantitative estimate of drug-likeness (QED) is 0.779. The smallest absolute Gasteiger partial charge is 0.270 e. The minimum atomic E-state index is -0.0757. The molecule has 0 saturated heterocycles. The lowest BCUT2D eigenvalue weighted by atomic mass is 9.95. The number of anilines is 2. The molecule has 4 nitrogen and oxygen atoms in total. The highest BCUT2D eigenvalue weighted by molar-refractivity contribution is 9.10. The van der Waals surface area contributed by atoms with Gasteiger partial charge in [-0.2, -0.15) is 0 Å². The fourth-order valence-electron chi connectivity index (χ4n) is 3.03. The Balaban J connectivity index is 1.63. The van der Waals surface area contributed by atoms with Crippen molar-refractivity contribution in [3.63, 3.8) is 0 Å². The summed E-state index contributed by atoms with van der Waals surface area (Å²) in [5.74, 6) is -0.0757. The van der Waals surface area contributed by atoms with Gasteiger partial charge < -0.3 is 10.6 Å². The van der Waals surface area contributed by atoms with Gasteiger partial charge in [-0.15, -0.1) is 0 Å². The van der Waals surface area contributed by atoms with E-state index in [1.165, 1.54) is 19.3 Å². The number of carbonyl (C=O) groups is 1. The average molecular weight is 388 g/mol. The van der Waals surface area contributed by atoms with Crippen molar-refractivity contribution >= 4 is 33.2 Å². The van der Waals surface area contributed by atoms with Crippen LogP contribution in [0.1, 0.15) is 48.2 Å². The van der Waals surface area contributed by atoms with E-state index in [0.29, 0.717) is 11.7 Å². The molecule has 2 aromatic rings. The van der Waals surface area contributed by atoms with Gasteiger partial charge >= 0.3 is 0 Å². The highest BCUT2D eigenvalue weighted by Crippen LogP contribution is 2.23. The van der Waals surface area contributed by atoms with Crippen molar-refractivity contribution in [1.82, 2.24) is 10.3 Å². The van der Waals surface area contributed by atoms with Crippen molar-refractivity contribution in [3.05, 3.63) is 52.3 Å². The lowest BCUT2D eigenvalue weighted by Crippen LogP contribution is -2.36. The molecule has 126 valence electrons. The standard InChI is InChI=1S/C19H22BrN3O/c1-13-11-14(20)7-9-17(13)22-16-8-10-18(21-12-16)19(24)23-15-5-3-2-4-6-15/h7-12,15,22H,2-6H2,1H3,(H,23,24). The minimum Gasteiger partial charge on any atom is -0.354 e. The maximum absolute atomic E-state index is 12.3. The van der Waals surface area contributed by atoms with Crippen LogP contribution in [0.25, 0.3) is 0 Å². The van der Waals surface area contributed by atoms with Crippen molar-refractivity contribution in [2.75, 3.05) is 5.32 Å². The van der Waals surface area contributed by atoms with E-state index >= 15 is 0 Å². The van der Waals surface area contributed by atoms with E-state index < -0.39 is 0 Å². The van der Waals surface area contributed by atoms with Crippen LogP contribution < -0.4 is 10.6 Å². The zero-order valence-corrected chi connectivity index (χ0v) is 15.4. The number of rotatable bonds is 4. The molecule has 1 amide bonds. The first-order chi connectivity index (χ1) is 11.6. The van der Waals surface area contributed by atoms with Gasteiger partial charge in [-0.05, 0) is 55.7 Å². The van der Waals surface area contributed by atoms with E-state index in [-0.39, 0.29) is 5.91 Å². The Bertz CT molecular complexity index is 709. The van der Waals surface area contributed by atoms with Crippen LogP contribution in [-0.2, 0) is 0 Å². The average Bonchev–Trinajstić information content (AvgIpc) is 2.59. The molecule has 0 aliphatic heterocycles. The van der Waals surface area contributed by atoms with Gasteiger partial charge in [-0.3, -0.25) is 4.79 Å². The molecule has 0 spiro atoms. The Hall–Kier alpha value is -1.88. The first-order valence-electron chi connectivity index (χ1n) is 8.42. The lowest BCUT2D eigenvalue weighted by molar-refractivity contribution is 0.0922. The zero-order valence-electron chi connectivity index (χ0n) is 13.8. The number of hydrogen-bond donors (Lipinski definition) is 2. The van der Waals surface area contributed by atoms with Gasteiger partial charge in [0.2, 0.25) is 0 Å². The number of aryl methyl sites for hydroxylation is 1. The molecule has 24 heavy (non-hydrogen) atoms. The maximum Gasteiger partial charge on any atom is 0.270 e. The summed E-state index contributed by atoms with van der Waals surface area (Å²) in [5.41, 5.74) is 3.51. The number of pyridine rings is 1. The van der Waals surface area contributed by atoms with Crippen LogP contribution in [0.4, 0.5) is 11.4 Å². The number of amides is 1. The van der Waals surface area contributed by atoms with Gasteiger partial charge in [-0.1, -0.05) is 35.2 Å². The minimum absolute atomic E-state index is 0.0757. The molecule has 1 aromatic carbocycles. The Kier molecular flexibility index (Phi) is 5.51. The predicted octanol–water partition coefficient (Wildman–Crippen LogP) is 4.96. The summed E-state index contributed by atoms with van der Waals surface area (Å²) >= 11 is 3.46. The first kappa shape index (κ1) is 17.0. The predicted molar refractivity (Wildman–Crippen MR) is 101 cm³/mol. The largest absolute Gasteiger partial charge is 0.354 e. The van der Waals surface area contributed by atoms with Crippen molar-refractivity contribution in [2.24, 2.45) is 0 Å². The summed E-state index contributed by atoms with van der Waals surface area (Å²) in [7, 11) is 0. The van der Waals surface area contributed by atoms with E-state index in [1.807, 2.05) is 25.1 Å². The molecule has 1 heterocycles. The number of nitrogens with zero attached hydrogens (tertiary/aromatic N) is 1. The molecule has 0 unspecified atom stereocenters. The number of carbonyl (C=O) groups excluding carboxylic acids is 1. The SMILES string of the molecule is Cc1cc(Br)ccc1Nc1ccc(C(=O)NC2CCCCC2)nc1. The van der Waals surface area contributed by atoms with Gasteiger partial charge in [-0.25, -0.2) is 4.98 Å². The van der Waals surface area contributed by atoms with Crippen molar-refractivity contribution in [1.29, 1.82) is 0 Å². The molecule has 1 aliphatic rings. The molecular formula is C19H22BrN3O. The number of hydrogen-bond acceptors (Lipinski definition) is 3. The normalized spacial score (nSPS) is 15.1. The van der Waals surface area contributed by atoms with Crippen LogP contribution >= 0.6 is 15.9 Å². The fraction of sp³-hybridized carbons (Fsp3) is 0.368. The topological polar surface area (TPSA) is 54.0 Å². The van der Waals surface area contributed by atoms with Gasteiger partial charge in [0, 0.05) is 16.2 Å². The third-order valence-corrected chi connectivity index (χ3v) is 4.90. The van der Waals surface area contributed by atoms with Crippen LogP contribution in [-0.4, -0.2) is 16.9 Å². The van der Waals surface area contributed by atoms with Crippen LogP contribution in [0.15, 0.2) is 41.0 Å². The third-order valence-electron chi connectivity index (χ3n) is 4.40. The first-order valence-corrected chi connectivity index (χ1v) is 9.21. The van der Waals surface area contributed by atoms with E-state index in [2.05, 4.69) is 37.6 Å². The molecule has 1 fully saturated rings. The second kappa shape index (κ2) is 7.79. The van der Waals surface area contributed by atoms with Crippen LogP contribution in [0, 0.1) is 6.92 Å². The number of aromatic nitrogens is 1. The summed E-state index contributed by atoms with van der Waals surface area (Å²) in [6.07, 6.45) is 7.54. The van der Waals surface area contributed by atoms with Gasteiger partial charge in [0.1, 0.15) is 5.69 Å². The van der Waals surface area contributed by atoms with Crippen LogP contribution in [0.5, 0.6) is 0 Å². The summed E-state index contributed by atoms with van der Waals surface area (Å²) in [4.78, 5) is 16.6. The molecule has 0 atom stereocenters. The molecule has 2 N–H and O–H groups in total. The second-order valence-corrected chi connectivity index (χ2v) is 7.24. The maximum atomic E-state index is 12.3. The summed E-state index contributed by atoms with van der Waals surface area (Å²) in [6, 6.07) is 10.0. The molecule has 1 aliphatic carbocycles. The Labute approximate surface area is 151 Å². The zero-order chi connectivity index (χ0) is 16.9. The van der Waals surface area contributed by atoms with Crippen molar-refractivity contribution < 1.29 is 4.79 Å². The van der Waals surface area contributed by atoms with E-state index in [9.17, 15) is 4.79 Å². The van der Waals surface area contributed by atoms with Crippen molar-refractivity contribution in [2.45, 2.75) is 45.1 Å². The van der Waals surface area contributed by atoms with E-state index in [1.54, 1.807) is 12.3 Å². The Morgan fingerprint density at radius 3 is 2.62 bits per heavy atom. The number of benzene rings is 1. The van der Waals surface area contributed by atoms with Gasteiger partial charge in [0.25, 0.3) is 5.91 Å². The van der Waals surface area contributed by atoms with E-state index in [4.69, 9.17) is 0 Å². The highest BCUT2D eigenvalue weighted by Gasteiger charge is 2.17. The van der Waals surface area contributed by atoms with Gasteiger partial charge in [0.05, 0.1) is 11.9 Å². The van der Waals surface area contributed by atoms with Crippen LogP contribution in [0.2, 0.25) is 0 Å². The van der Waals surface area contributed by atoms with Crippen molar-refractivity contribution in [3.8, 4) is 0 Å². The summed E-state index contributed by atoms with van der Waals surface area (Å²) in [6.45, 7) is 2.05. The monoisotopic (exact) mass is 387 g/mol.